The van der Waals surface area contributed by atoms with Crippen LogP contribution in [0.5, 0.6) is 0 Å². The molecule has 0 spiro atoms. The number of nitrogens with zero attached hydrogens (tertiary/aromatic N) is 1. The first-order valence-electron chi connectivity index (χ1n) is 4.06. The molecule has 0 saturated heterocycles. The molecule has 0 radical (unpaired) electrons. The van der Waals surface area contributed by atoms with E-state index in [0.717, 1.165) is 4.57 Å². The number of nitrogens with one attached hydrogen (secondary N) is 2. The van der Waals surface area contributed by atoms with Crippen molar-refractivity contribution in [3.8, 4) is 0 Å². The Morgan fingerprint density at radius 2 is 2.13 bits per heavy atom. The van der Waals surface area contributed by atoms with Crippen molar-refractivity contribution >= 4 is 17.6 Å². The summed E-state index contributed by atoms with van der Waals surface area (Å²) in [6.07, 6.45) is 0. The lowest BCUT2D eigenvalue weighted by atomic mass is 10.4. The van der Waals surface area contributed by atoms with Gasteiger partial charge in [0.1, 0.15) is 12.4 Å². The number of anilines is 1. The lowest BCUT2D eigenvalue weighted by Gasteiger charge is -2.03. The minimum Gasteiger partial charge on any atom is -0.383 e. The van der Waals surface area contributed by atoms with Gasteiger partial charge in [-0.2, -0.15) is 0 Å². The second-order valence-corrected chi connectivity index (χ2v) is 2.82. The fraction of sp³-hybridized carbons (Fsp3) is 0.286. The van der Waals surface area contributed by atoms with Gasteiger partial charge in [0.15, 0.2) is 5.69 Å². The summed E-state index contributed by atoms with van der Waals surface area (Å²) in [5, 5.41) is 2.30. The zero-order valence-corrected chi connectivity index (χ0v) is 8.03. The van der Waals surface area contributed by atoms with Crippen LogP contribution in [0.1, 0.15) is 10.5 Å². The van der Waals surface area contributed by atoms with Crippen LogP contribution in [-0.2, 0) is 11.3 Å². The summed E-state index contributed by atoms with van der Waals surface area (Å²) in [5.41, 5.74) is 9.59. The quantitative estimate of drug-likeness (QED) is 0.445. The smallest absolute Gasteiger partial charge is 0.328 e. The Morgan fingerprint density at radius 3 is 2.60 bits per heavy atom. The lowest BCUT2D eigenvalue weighted by molar-refractivity contribution is -0.118. The van der Waals surface area contributed by atoms with E-state index < -0.39 is 24.0 Å². The van der Waals surface area contributed by atoms with Crippen molar-refractivity contribution in [2.75, 3.05) is 12.8 Å². The lowest BCUT2D eigenvalue weighted by Crippen LogP contribution is -2.31. The molecule has 82 valence electrons. The molecule has 2 amide bonds. The van der Waals surface area contributed by atoms with E-state index in [0.29, 0.717) is 0 Å². The number of hydrogen-bond donors (Lipinski definition) is 4. The minimum atomic E-state index is -0.735. The SMILES string of the molecule is CNC(=O)c1c(N)[nH]c(=O)n1CC(N)=O. The van der Waals surface area contributed by atoms with Crippen LogP contribution < -0.4 is 22.5 Å². The zero-order valence-electron chi connectivity index (χ0n) is 8.03. The summed E-state index contributed by atoms with van der Waals surface area (Å²) in [6, 6.07) is 0. The Kier molecular flexibility index (Phi) is 2.79. The highest BCUT2D eigenvalue weighted by Crippen LogP contribution is 2.05. The Morgan fingerprint density at radius 1 is 1.53 bits per heavy atom. The third kappa shape index (κ3) is 1.98. The molecule has 1 aromatic rings. The van der Waals surface area contributed by atoms with Gasteiger partial charge in [-0.05, 0) is 0 Å². The average molecular weight is 213 g/mol. The molecule has 0 saturated carbocycles. The van der Waals surface area contributed by atoms with Crippen molar-refractivity contribution in [2.24, 2.45) is 5.73 Å². The van der Waals surface area contributed by atoms with Crippen LogP contribution in [0.4, 0.5) is 5.82 Å². The summed E-state index contributed by atoms with van der Waals surface area (Å²) in [6.45, 7) is -0.394. The fourth-order valence-electron chi connectivity index (χ4n) is 1.16. The number of nitrogen functional groups attached to an aromatic ring is 1. The predicted octanol–water partition coefficient (Wildman–Crippen LogP) is -2.40. The first-order chi connectivity index (χ1) is 6.97. The summed E-state index contributed by atoms with van der Waals surface area (Å²) < 4.78 is 0.885. The maximum absolute atomic E-state index is 11.3. The van der Waals surface area contributed by atoms with Gasteiger partial charge in [0.2, 0.25) is 5.91 Å². The van der Waals surface area contributed by atoms with Crippen LogP contribution in [0.25, 0.3) is 0 Å². The van der Waals surface area contributed by atoms with Crippen LogP contribution in [0.2, 0.25) is 0 Å². The highest BCUT2D eigenvalue weighted by atomic mass is 16.2. The Balaban J connectivity index is 3.29. The molecule has 8 heteroatoms. The van der Waals surface area contributed by atoms with Crippen LogP contribution in [0.3, 0.4) is 0 Å². The predicted molar refractivity (Wildman–Crippen MR) is 52.0 cm³/mol. The van der Waals surface area contributed by atoms with Crippen LogP contribution >= 0.6 is 0 Å². The maximum atomic E-state index is 11.3. The third-order valence-corrected chi connectivity index (χ3v) is 1.77. The zero-order chi connectivity index (χ0) is 11.6. The largest absolute Gasteiger partial charge is 0.383 e. The molecule has 0 unspecified atom stereocenters. The van der Waals surface area contributed by atoms with E-state index in [1.165, 1.54) is 7.05 Å². The molecule has 15 heavy (non-hydrogen) atoms. The van der Waals surface area contributed by atoms with E-state index in [9.17, 15) is 14.4 Å². The molecule has 0 fully saturated rings. The van der Waals surface area contributed by atoms with Gasteiger partial charge < -0.3 is 16.8 Å². The Labute approximate surface area is 84.2 Å². The van der Waals surface area contributed by atoms with Crippen molar-refractivity contribution in [2.45, 2.75) is 6.54 Å². The monoisotopic (exact) mass is 213 g/mol. The third-order valence-electron chi connectivity index (χ3n) is 1.77. The number of amides is 2. The second-order valence-electron chi connectivity index (χ2n) is 2.82. The van der Waals surface area contributed by atoms with Gasteiger partial charge in [0, 0.05) is 7.05 Å². The van der Waals surface area contributed by atoms with Crippen molar-refractivity contribution in [3.05, 3.63) is 16.2 Å². The van der Waals surface area contributed by atoms with E-state index in [1.807, 2.05) is 0 Å². The second kappa shape index (κ2) is 3.86. The number of primary amides is 1. The van der Waals surface area contributed by atoms with Crippen LogP contribution in [0, 0.1) is 0 Å². The highest BCUT2D eigenvalue weighted by molar-refractivity contribution is 5.97. The average Bonchev–Trinajstić information content (AvgIpc) is 2.40. The van der Waals surface area contributed by atoms with E-state index in [1.54, 1.807) is 0 Å². The summed E-state index contributed by atoms with van der Waals surface area (Å²) in [4.78, 5) is 35.5. The first kappa shape index (κ1) is 10.8. The van der Waals surface area contributed by atoms with Crippen LogP contribution in [-0.4, -0.2) is 28.4 Å². The number of aromatic amines is 1. The molecule has 8 nitrogen and oxygen atoms in total. The van der Waals surface area contributed by atoms with E-state index in [4.69, 9.17) is 11.5 Å². The molecule has 0 aromatic carbocycles. The van der Waals surface area contributed by atoms with Gasteiger partial charge in [-0.15, -0.1) is 0 Å². The molecule has 1 rings (SSSR count). The van der Waals surface area contributed by atoms with Crippen LogP contribution in [0.15, 0.2) is 4.79 Å². The number of carbonyl (C=O) groups is 2. The molecule has 1 heterocycles. The number of aromatic nitrogens is 2. The normalized spacial score (nSPS) is 9.93. The summed E-state index contributed by atoms with van der Waals surface area (Å²) in [7, 11) is 1.38. The van der Waals surface area contributed by atoms with Gasteiger partial charge in [-0.25, -0.2) is 4.79 Å². The summed E-state index contributed by atoms with van der Waals surface area (Å²) >= 11 is 0. The van der Waals surface area contributed by atoms with Gasteiger partial charge in [0.25, 0.3) is 5.91 Å². The van der Waals surface area contributed by atoms with Crippen molar-refractivity contribution < 1.29 is 9.59 Å². The van der Waals surface area contributed by atoms with Gasteiger partial charge in [-0.3, -0.25) is 19.1 Å². The standard InChI is InChI=1S/C7H11N5O3/c1-10-6(14)4-5(9)11-7(15)12(4)2-3(8)13/h2,9H2,1H3,(H2,8,13)(H,10,14)(H,11,15). The van der Waals surface area contributed by atoms with Crippen molar-refractivity contribution in [1.82, 2.24) is 14.9 Å². The molecule has 6 N–H and O–H groups in total. The number of hydrogen-bond acceptors (Lipinski definition) is 4. The molecular formula is C7H11N5O3. The van der Waals surface area contributed by atoms with Gasteiger partial charge >= 0.3 is 5.69 Å². The number of carbonyl (C=O) groups excluding carboxylic acids is 2. The molecule has 0 atom stereocenters. The molecule has 0 aliphatic carbocycles. The van der Waals surface area contributed by atoms with Crippen molar-refractivity contribution in [3.63, 3.8) is 0 Å². The van der Waals surface area contributed by atoms with E-state index in [2.05, 4.69) is 10.3 Å². The van der Waals surface area contributed by atoms with Crippen molar-refractivity contribution in [1.29, 1.82) is 0 Å². The van der Waals surface area contributed by atoms with Gasteiger partial charge in [0.05, 0.1) is 0 Å². The topological polar surface area (TPSA) is 136 Å². The number of imidazole rings is 1. The molecular weight excluding hydrogens is 202 g/mol. The highest BCUT2D eigenvalue weighted by Gasteiger charge is 2.18. The first-order valence-corrected chi connectivity index (χ1v) is 4.06. The molecule has 0 bridgehead atoms. The van der Waals surface area contributed by atoms with E-state index in [-0.39, 0.29) is 11.5 Å². The summed E-state index contributed by atoms with van der Waals surface area (Å²) in [5.74, 6) is -1.39. The minimum absolute atomic E-state index is 0.0960. The molecule has 1 aromatic heterocycles. The molecule has 0 aliphatic heterocycles. The number of nitrogens with two attached hydrogens (primary N) is 2. The number of rotatable bonds is 3. The Hall–Kier alpha value is -2.25. The maximum Gasteiger partial charge on any atom is 0.328 e. The fourth-order valence-corrected chi connectivity index (χ4v) is 1.16. The van der Waals surface area contributed by atoms with Gasteiger partial charge in [-0.1, -0.05) is 0 Å². The molecule has 0 aliphatic rings. The number of H-pyrrole nitrogens is 1. The van der Waals surface area contributed by atoms with E-state index >= 15 is 0 Å². The Bertz CT molecular complexity index is 458.